The van der Waals surface area contributed by atoms with Crippen molar-refractivity contribution in [3.8, 4) is 0 Å². The van der Waals surface area contributed by atoms with Gasteiger partial charge in [-0.15, -0.1) is 0 Å². The number of hydrogen-bond donors (Lipinski definition) is 1. The van der Waals surface area contributed by atoms with Crippen molar-refractivity contribution < 1.29 is 0 Å². The summed E-state index contributed by atoms with van der Waals surface area (Å²) in [6, 6.07) is 1.79. The Morgan fingerprint density at radius 2 is 1.85 bits per heavy atom. The Kier molecular flexibility index (Phi) is 1.74. The van der Waals surface area contributed by atoms with E-state index in [1.54, 1.807) is 0 Å². The van der Waals surface area contributed by atoms with E-state index in [0.717, 1.165) is 23.4 Å². The smallest absolute Gasteiger partial charge is 0.0126 e. The number of hydrogen-bond acceptors (Lipinski definition) is 1. The van der Waals surface area contributed by atoms with E-state index in [2.05, 4.69) is 12.2 Å². The van der Waals surface area contributed by atoms with Crippen LogP contribution in [0.3, 0.4) is 0 Å². The van der Waals surface area contributed by atoms with Crippen molar-refractivity contribution in [2.45, 2.75) is 64.0 Å². The maximum absolute atomic E-state index is 3.90. The summed E-state index contributed by atoms with van der Waals surface area (Å²) in [7, 11) is 0. The van der Waals surface area contributed by atoms with Gasteiger partial charge >= 0.3 is 0 Å². The highest BCUT2D eigenvalue weighted by Crippen LogP contribution is 2.53. The molecule has 3 saturated carbocycles. The summed E-state index contributed by atoms with van der Waals surface area (Å²) in [6.07, 6.45) is 10.4. The van der Waals surface area contributed by atoms with Gasteiger partial charge in [-0.1, -0.05) is 19.8 Å². The van der Waals surface area contributed by atoms with Crippen molar-refractivity contribution in [3.63, 3.8) is 0 Å². The van der Waals surface area contributed by atoms with E-state index < -0.39 is 0 Å². The molecule has 3 rings (SSSR count). The fourth-order valence-corrected chi connectivity index (χ4v) is 3.44. The van der Waals surface area contributed by atoms with Crippen LogP contribution in [-0.4, -0.2) is 12.1 Å². The molecule has 1 N–H and O–H groups in total. The molecule has 0 aromatic carbocycles. The average molecular weight is 179 g/mol. The fraction of sp³-hybridized carbons (Fsp3) is 1.00. The van der Waals surface area contributed by atoms with Gasteiger partial charge in [-0.3, -0.25) is 0 Å². The summed E-state index contributed by atoms with van der Waals surface area (Å²) >= 11 is 0. The maximum atomic E-state index is 3.90. The van der Waals surface area contributed by atoms with Crippen LogP contribution in [0.2, 0.25) is 0 Å². The highest BCUT2D eigenvalue weighted by molar-refractivity contribution is 5.04. The van der Waals surface area contributed by atoms with Crippen LogP contribution in [0, 0.1) is 11.3 Å². The third-order valence-electron chi connectivity index (χ3n) is 4.78. The Bertz CT molecular complexity index is 207. The first-order valence-electron chi connectivity index (χ1n) is 6.06. The first-order chi connectivity index (χ1) is 6.30. The summed E-state index contributed by atoms with van der Waals surface area (Å²) < 4.78 is 0. The van der Waals surface area contributed by atoms with Gasteiger partial charge in [0.25, 0.3) is 0 Å². The van der Waals surface area contributed by atoms with Crippen LogP contribution >= 0.6 is 0 Å². The van der Waals surface area contributed by atoms with Gasteiger partial charge in [0.1, 0.15) is 0 Å². The van der Waals surface area contributed by atoms with E-state index in [4.69, 9.17) is 0 Å². The summed E-state index contributed by atoms with van der Waals surface area (Å²) in [4.78, 5) is 0. The van der Waals surface area contributed by atoms with E-state index in [1.165, 1.54) is 44.9 Å². The van der Waals surface area contributed by atoms with Crippen LogP contribution in [0.25, 0.3) is 0 Å². The predicted molar refractivity (Wildman–Crippen MR) is 54.6 cm³/mol. The van der Waals surface area contributed by atoms with Crippen molar-refractivity contribution in [3.05, 3.63) is 0 Å². The van der Waals surface area contributed by atoms with Crippen LogP contribution in [0.15, 0.2) is 0 Å². The second-order valence-corrected chi connectivity index (χ2v) is 5.65. The topological polar surface area (TPSA) is 12.0 Å². The molecule has 3 aliphatic rings. The van der Waals surface area contributed by atoms with Crippen LogP contribution in [0.1, 0.15) is 51.9 Å². The maximum Gasteiger partial charge on any atom is 0.0126 e. The molecule has 3 unspecified atom stereocenters. The lowest BCUT2D eigenvalue weighted by molar-refractivity contribution is 0.0993. The SMILES string of the molecule is CC1CC1NC1CCCC12CCC2. The third-order valence-corrected chi connectivity index (χ3v) is 4.78. The summed E-state index contributed by atoms with van der Waals surface area (Å²) in [6.45, 7) is 2.38. The summed E-state index contributed by atoms with van der Waals surface area (Å²) in [5.74, 6) is 0.970. The third kappa shape index (κ3) is 1.24. The Labute approximate surface area is 81.3 Å². The molecule has 0 radical (unpaired) electrons. The van der Waals surface area contributed by atoms with Gasteiger partial charge in [0.2, 0.25) is 0 Å². The van der Waals surface area contributed by atoms with Gasteiger partial charge in [-0.05, 0) is 43.4 Å². The molecule has 3 aliphatic carbocycles. The highest BCUT2D eigenvalue weighted by Gasteiger charge is 2.49. The lowest BCUT2D eigenvalue weighted by atomic mass is 9.65. The Balaban J connectivity index is 1.62. The molecule has 0 heterocycles. The second-order valence-electron chi connectivity index (χ2n) is 5.65. The van der Waals surface area contributed by atoms with Crippen LogP contribution in [0.5, 0.6) is 0 Å². The largest absolute Gasteiger partial charge is 0.310 e. The molecule has 13 heavy (non-hydrogen) atoms. The monoisotopic (exact) mass is 179 g/mol. The number of nitrogens with one attached hydrogen (secondary N) is 1. The van der Waals surface area contributed by atoms with Crippen LogP contribution in [0.4, 0.5) is 0 Å². The standard InChI is InChI=1S/C12H21N/c1-9-8-10(9)13-11-4-2-5-12(11)6-3-7-12/h9-11,13H,2-8H2,1H3. The average Bonchev–Trinajstić information content (AvgIpc) is 2.61. The van der Waals surface area contributed by atoms with Gasteiger partial charge in [0.15, 0.2) is 0 Å². The molecule has 0 saturated heterocycles. The van der Waals surface area contributed by atoms with Gasteiger partial charge in [-0.2, -0.15) is 0 Å². The van der Waals surface area contributed by atoms with Crippen molar-refractivity contribution in [1.82, 2.24) is 5.32 Å². The lowest BCUT2D eigenvalue weighted by Gasteiger charge is -2.44. The molecule has 74 valence electrons. The van der Waals surface area contributed by atoms with Crippen molar-refractivity contribution >= 4 is 0 Å². The minimum absolute atomic E-state index is 0.780. The summed E-state index contributed by atoms with van der Waals surface area (Å²) in [5.41, 5.74) is 0.780. The molecule has 0 bridgehead atoms. The summed E-state index contributed by atoms with van der Waals surface area (Å²) in [5, 5.41) is 3.90. The normalized spacial score (nSPS) is 46.4. The Morgan fingerprint density at radius 3 is 2.38 bits per heavy atom. The Hall–Kier alpha value is -0.0400. The van der Waals surface area contributed by atoms with Crippen molar-refractivity contribution in [1.29, 1.82) is 0 Å². The molecular weight excluding hydrogens is 158 g/mol. The second kappa shape index (κ2) is 2.73. The molecule has 3 fully saturated rings. The number of rotatable bonds is 2. The minimum Gasteiger partial charge on any atom is -0.310 e. The zero-order valence-electron chi connectivity index (χ0n) is 8.68. The van der Waals surface area contributed by atoms with E-state index in [1.807, 2.05) is 0 Å². The zero-order valence-corrected chi connectivity index (χ0v) is 8.68. The Morgan fingerprint density at radius 1 is 1.15 bits per heavy atom. The van der Waals surface area contributed by atoms with Gasteiger partial charge < -0.3 is 5.32 Å². The minimum atomic E-state index is 0.780. The first kappa shape index (κ1) is 8.28. The molecule has 0 aromatic rings. The zero-order chi connectivity index (χ0) is 8.89. The lowest BCUT2D eigenvalue weighted by Crippen LogP contribution is -2.46. The molecule has 0 aliphatic heterocycles. The molecular formula is C12H21N. The molecule has 1 heteroatoms. The van der Waals surface area contributed by atoms with Gasteiger partial charge in [-0.25, -0.2) is 0 Å². The fourth-order valence-electron chi connectivity index (χ4n) is 3.44. The first-order valence-corrected chi connectivity index (χ1v) is 6.06. The molecule has 0 aromatic heterocycles. The van der Waals surface area contributed by atoms with Crippen LogP contribution in [-0.2, 0) is 0 Å². The van der Waals surface area contributed by atoms with Crippen LogP contribution < -0.4 is 5.32 Å². The molecule has 1 nitrogen and oxygen atoms in total. The van der Waals surface area contributed by atoms with Gasteiger partial charge in [0.05, 0.1) is 0 Å². The molecule has 3 atom stereocenters. The van der Waals surface area contributed by atoms with E-state index in [0.29, 0.717) is 0 Å². The van der Waals surface area contributed by atoms with E-state index >= 15 is 0 Å². The van der Waals surface area contributed by atoms with Gasteiger partial charge in [0, 0.05) is 12.1 Å². The van der Waals surface area contributed by atoms with E-state index in [9.17, 15) is 0 Å². The van der Waals surface area contributed by atoms with E-state index in [-0.39, 0.29) is 0 Å². The van der Waals surface area contributed by atoms with Crippen molar-refractivity contribution in [2.24, 2.45) is 11.3 Å². The van der Waals surface area contributed by atoms with Crippen molar-refractivity contribution in [2.75, 3.05) is 0 Å². The quantitative estimate of drug-likeness (QED) is 0.687. The molecule has 0 amide bonds. The molecule has 1 spiro atoms. The predicted octanol–water partition coefficient (Wildman–Crippen LogP) is 2.71. The highest BCUT2D eigenvalue weighted by atomic mass is 15.0.